The van der Waals surface area contributed by atoms with Gasteiger partial charge in [0, 0.05) is 25.2 Å². The quantitative estimate of drug-likeness (QED) is 0.857. The van der Waals surface area contributed by atoms with Crippen LogP contribution in [0.5, 0.6) is 0 Å². The van der Waals surface area contributed by atoms with Crippen molar-refractivity contribution < 1.29 is 5.11 Å². The molecule has 0 aromatic heterocycles. The molecule has 0 radical (unpaired) electrons. The van der Waals surface area contributed by atoms with Crippen LogP contribution in [0.25, 0.3) is 0 Å². The zero-order chi connectivity index (χ0) is 13.1. The van der Waals surface area contributed by atoms with Crippen LogP contribution in [0.1, 0.15) is 31.9 Å². The van der Waals surface area contributed by atoms with E-state index in [2.05, 4.69) is 43.0 Å². The molecule has 1 fully saturated rings. The van der Waals surface area contributed by atoms with E-state index < -0.39 is 6.10 Å². The van der Waals surface area contributed by atoms with Gasteiger partial charge in [-0.3, -0.25) is 4.90 Å². The van der Waals surface area contributed by atoms with Crippen LogP contribution in [-0.4, -0.2) is 35.2 Å². The van der Waals surface area contributed by atoms with Crippen molar-refractivity contribution in [1.82, 2.24) is 4.90 Å². The maximum atomic E-state index is 9.96. The molecule has 1 aliphatic heterocycles. The van der Waals surface area contributed by atoms with E-state index in [0.29, 0.717) is 18.5 Å². The van der Waals surface area contributed by atoms with E-state index in [0.717, 1.165) is 13.0 Å². The molecular formula is C15H24N2O. The van der Waals surface area contributed by atoms with Gasteiger partial charge in [0.05, 0.1) is 6.10 Å². The number of benzene rings is 1. The molecule has 100 valence electrons. The van der Waals surface area contributed by atoms with Crippen molar-refractivity contribution in [3.63, 3.8) is 0 Å². The number of nitrogens with two attached hydrogens (primary N) is 1. The van der Waals surface area contributed by atoms with Crippen LogP contribution in [0, 0.1) is 5.92 Å². The summed E-state index contributed by atoms with van der Waals surface area (Å²) in [6.07, 6.45) is 0.473. The molecule has 2 rings (SSSR count). The summed E-state index contributed by atoms with van der Waals surface area (Å²) in [4.78, 5) is 2.37. The minimum Gasteiger partial charge on any atom is -0.390 e. The first-order valence-corrected chi connectivity index (χ1v) is 6.82. The molecule has 1 aromatic rings. The second kappa shape index (κ2) is 5.83. The van der Waals surface area contributed by atoms with Gasteiger partial charge in [0.15, 0.2) is 0 Å². The molecule has 1 heterocycles. The van der Waals surface area contributed by atoms with E-state index in [9.17, 15) is 5.11 Å². The molecule has 18 heavy (non-hydrogen) atoms. The fraction of sp³-hybridized carbons (Fsp3) is 0.600. The maximum absolute atomic E-state index is 9.96. The van der Waals surface area contributed by atoms with Gasteiger partial charge in [-0.1, -0.05) is 44.2 Å². The van der Waals surface area contributed by atoms with Crippen molar-refractivity contribution in [2.24, 2.45) is 11.7 Å². The van der Waals surface area contributed by atoms with Gasteiger partial charge in [-0.05, 0) is 17.9 Å². The lowest BCUT2D eigenvalue weighted by atomic mass is 9.91. The molecule has 3 unspecified atom stereocenters. The molecule has 3 atom stereocenters. The molecule has 1 aromatic carbocycles. The smallest absolute Gasteiger partial charge is 0.0818 e. The second-order valence-corrected chi connectivity index (χ2v) is 5.61. The average molecular weight is 248 g/mol. The minimum absolute atomic E-state index is 0.0650. The first kappa shape index (κ1) is 13.5. The lowest BCUT2D eigenvalue weighted by Gasteiger charge is -2.41. The number of hydrogen-bond acceptors (Lipinski definition) is 3. The zero-order valence-corrected chi connectivity index (χ0v) is 11.3. The van der Waals surface area contributed by atoms with Crippen LogP contribution >= 0.6 is 0 Å². The zero-order valence-electron chi connectivity index (χ0n) is 11.3. The van der Waals surface area contributed by atoms with Gasteiger partial charge in [-0.25, -0.2) is 0 Å². The van der Waals surface area contributed by atoms with E-state index in [1.54, 1.807) is 0 Å². The third kappa shape index (κ3) is 2.91. The third-order valence-electron chi connectivity index (χ3n) is 3.83. The molecule has 0 aliphatic carbocycles. The first-order chi connectivity index (χ1) is 8.59. The molecule has 0 bridgehead atoms. The number of nitrogens with zero attached hydrogens (tertiary/aromatic N) is 1. The summed E-state index contributed by atoms with van der Waals surface area (Å²) in [5, 5.41) is 9.96. The summed E-state index contributed by atoms with van der Waals surface area (Å²) in [5.41, 5.74) is 7.21. The van der Waals surface area contributed by atoms with Crippen molar-refractivity contribution in [3.8, 4) is 0 Å². The van der Waals surface area contributed by atoms with E-state index in [1.165, 1.54) is 5.56 Å². The monoisotopic (exact) mass is 248 g/mol. The molecule has 0 amide bonds. The predicted molar refractivity (Wildman–Crippen MR) is 74.2 cm³/mol. The van der Waals surface area contributed by atoms with E-state index in [1.807, 2.05) is 6.07 Å². The predicted octanol–water partition coefficient (Wildman–Crippen LogP) is 1.78. The molecular weight excluding hydrogens is 224 g/mol. The van der Waals surface area contributed by atoms with Crippen molar-refractivity contribution >= 4 is 0 Å². The number of aliphatic hydroxyl groups excluding tert-OH is 1. The normalized spacial score (nSPS) is 27.4. The van der Waals surface area contributed by atoms with Gasteiger partial charge in [0.1, 0.15) is 0 Å². The Bertz CT molecular complexity index is 366. The van der Waals surface area contributed by atoms with Crippen LogP contribution in [0.2, 0.25) is 0 Å². The molecule has 1 saturated heterocycles. The van der Waals surface area contributed by atoms with Crippen LogP contribution in [-0.2, 0) is 0 Å². The van der Waals surface area contributed by atoms with Crippen molar-refractivity contribution in [2.45, 2.75) is 38.5 Å². The lowest BCUT2D eigenvalue weighted by Crippen LogP contribution is -2.52. The SMILES string of the molecule is CC(C)C(c1ccccc1)N1CCC(N)C(O)C1. The Hall–Kier alpha value is -0.900. The number of piperidine rings is 1. The summed E-state index contributed by atoms with van der Waals surface area (Å²) in [7, 11) is 0. The number of β-amino-alcohol motifs (C(OH)–C–C–N with tert-alkyl or cyclic N) is 1. The number of aliphatic hydroxyl groups is 1. The third-order valence-corrected chi connectivity index (χ3v) is 3.83. The van der Waals surface area contributed by atoms with Crippen molar-refractivity contribution in [3.05, 3.63) is 35.9 Å². The summed E-state index contributed by atoms with van der Waals surface area (Å²) >= 11 is 0. The summed E-state index contributed by atoms with van der Waals surface area (Å²) in [5.74, 6) is 0.522. The van der Waals surface area contributed by atoms with Crippen LogP contribution in [0.3, 0.4) is 0 Å². The summed E-state index contributed by atoms with van der Waals surface area (Å²) in [6, 6.07) is 10.9. The van der Waals surface area contributed by atoms with Crippen LogP contribution in [0.15, 0.2) is 30.3 Å². The Balaban J connectivity index is 2.16. The van der Waals surface area contributed by atoms with Crippen molar-refractivity contribution in [2.75, 3.05) is 13.1 Å². The van der Waals surface area contributed by atoms with Crippen LogP contribution in [0.4, 0.5) is 0 Å². The molecule has 0 saturated carbocycles. The van der Waals surface area contributed by atoms with E-state index >= 15 is 0 Å². The minimum atomic E-state index is -0.399. The molecule has 3 N–H and O–H groups in total. The Kier molecular flexibility index (Phi) is 4.38. The molecule has 1 aliphatic rings. The van der Waals surface area contributed by atoms with Gasteiger partial charge in [-0.2, -0.15) is 0 Å². The maximum Gasteiger partial charge on any atom is 0.0818 e. The Morgan fingerprint density at radius 3 is 2.50 bits per heavy atom. The van der Waals surface area contributed by atoms with Crippen LogP contribution < -0.4 is 5.73 Å². The second-order valence-electron chi connectivity index (χ2n) is 5.61. The highest BCUT2D eigenvalue weighted by molar-refractivity contribution is 5.20. The van der Waals surface area contributed by atoms with E-state index in [-0.39, 0.29) is 6.04 Å². The molecule has 0 spiro atoms. The molecule has 3 heteroatoms. The Morgan fingerprint density at radius 2 is 1.94 bits per heavy atom. The van der Waals surface area contributed by atoms with Gasteiger partial charge in [-0.15, -0.1) is 0 Å². The highest BCUT2D eigenvalue weighted by Crippen LogP contribution is 2.30. The number of rotatable bonds is 3. The highest BCUT2D eigenvalue weighted by Gasteiger charge is 2.31. The average Bonchev–Trinajstić information content (AvgIpc) is 2.35. The molecule has 3 nitrogen and oxygen atoms in total. The number of hydrogen-bond donors (Lipinski definition) is 2. The Morgan fingerprint density at radius 1 is 1.28 bits per heavy atom. The lowest BCUT2D eigenvalue weighted by molar-refractivity contribution is 0.0199. The topological polar surface area (TPSA) is 49.5 Å². The Labute approximate surface area is 110 Å². The van der Waals surface area contributed by atoms with Gasteiger partial charge in [0.25, 0.3) is 0 Å². The largest absolute Gasteiger partial charge is 0.390 e. The van der Waals surface area contributed by atoms with Crippen molar-refractivity contribution in [1.29, 1.82) is 0 Å². The highest BCUT2D eigenvalue weighted by atomic mass is 16.3. The van der Waals surface area contributed by atoms with Gasteiger partial charge >= 0.3 is 0 Å². The fourth-order valence-corrected chi connectivity index (χ4v) is 2.89. The van der Waals surface area contributed by atoms with E-state index in [4.69, 9.17) is 5.73 Å². The standard InChI is InChI=1S/C15H24N2O/c1-11(2)15(12-6-4-3-5-7-12)17-9-8-13(16)14(18)10-17/h3-7,11,13-15,18H,8-10,16H2,1-2H3. The summed E-state index contributed by atoms with van der Waals surface area (Å²) in [6.45, 7) is 6.12. The summed E-state index contributed by atoms with van der Waals surface area (Å²) < 4.78 is 0. The first-order valence-electron chi connectivity index (χ1n) is 6.82. The fourth-order valence-electron chi connectivity index (χ4n) is 2.89. The number of likely N-dealkylation sites (tertiary alicyclic amines) is 1. The van der Waals surface area contributed by atoms with Gasteiger partial charge < -0.3 is 10.8 Å². The van der Waals surface area contributed by atoms with Gasteiger partial charge in [0.2, 0.25) is 0 Å².